The normalized spacial score (nSPS) is 13.9. The van der Waals surface area contributed by atoms with Crippen LogP contribution in [0.25, 0.3) is 0 Å². The van der Waals surface area contributed by atoms with Crippen molar-refractivity contribution in [2.75, 3.05) is 49.3 Å². The van der Waals surface area contributed by atoms with Gasteiger partial charge in [0.15, 0.2) is 0 Å². The Hall–Kier alpha value is -2.58. The number of fused-ring (bicyclic) bond motifs is 1. The highest BCUT2D eigenvalue weighted by atomic mass is 32.2. The predicted octanol–water partition coefficient (Wildman–Crippen LogP) is 2.76. The van der Waals surface area contributed by atoms with Gasteiger partial charge in [-0.05, 0) is 49.6 Å². The van der Waals surface area contributed by atoms with Crippen molar-refractivity contribution in [3.8, 4) is 0 Å². The summed E-state index contributed by atoms with van der Waals surface area (Å²) in [5, 5.41) is 6.35. The number of hydrogen-bond acceptors (Lipinski definition) is 5. The van der Waals surface area contributed by atoms with E-state index >= 15 is 0 Å². The Morgan fingerprint density at radius 1 is 1.10 bits per heavy atom. The lowest BCUT2D eigenvalue weighted by Gasteiger charge is -2.29. The molecule has 1 amide bonds. The molecule has 0 aromatic heterocycles. The minimum atomic E-state index is -3.56. The number of nitrogens with zero attached hydrogens (tertiary/aromatic N) is 2. The summed E-state index contributed by atoms with van der Waals surface area (Å²) >= 11 is 0. The van der Waals surface area contributed by atoms with Crippen LogP contribution in [0.4, 0.5) is 17.1 Å². The van der Waals surface area contributed by atoms with Crippen LogP contribution in [0.3, 0.4) is 0 Å². The summed E-state index contributed by atoms with van der Waals surface area (Å²) in [6.07, 6.45) is 1.91. The van der Waals surface area contributed by atoms with Gasteiger partial charge in [0.1, 0.15) is 0 Å². The predicted molar refractivity (Wildman–Crippen MR) is 117 cm³/mol. The van der Waals surface area contributed by atoms with Gasteiger partial charge >= 0.3 is 0 Å². The molecule has 1 heterocycles. The molecule has 0 radical (unpaired) electrons. The van der Waals surface area contributed by atoms with Crippen LogP contribution in [0.5, 0.6) is 0 Å². The van der Waals surface area contributed by atoms with Crippen molar-refractivity contribution in [2.45, 2.75) is 24.7 Å². The fourth-order valence-electron chi connectivity index (χ4n) is 3.44. The van der Waals surface area contributed by atoms with Crippen LogP contribution < -0.4 is 15.5 Å². The molecule has 0 aliphatic carbocycles. The Bertz CT molecular complexity index is 989. The third-order valence-corrected chi connectivity index (χ3v) is 6.79. The molecule has 0 spiro atoms. The molecule has 7 nitrogen and oxygen atoms in total. The topological polar surface area (TPSA) is 81.8 Å². The fourth-order valence-corrected chi connectivity index (χ4v) is 4.37. The molecule has 2 N–H and O–H groups in total. The summed E-state index contributed by atoms with van der Waals surface area (Å²) in [4.78, 5) is 14.9. The van der Waals surface area contributed by atoms with E-state index in [2.05, 4.69) is 16.7 Å². The summed E-state index contributed by atoms with van der Waals surface area (Å²) in [7, 11) is -0.564. The van der Waals surface area contributed by atoms with E-state index in [9.17, 15) is 13.2 Å². The molecule has 1 aliphatic heterocycles. The molecular formula is C21H28N4O3S. The smallest absolute Gasteiger partial charge is 0.246 e. The Kier molecular flexibility index (Phi) is 6.44. The van der Waals surface area contributed by atoms with E-state index in [0.29, 0.717) is 18.8 Å². The molecular weight excluding hydrogens is 388 g/mol. The molecule has 0 fully saturated rings. The Morgan fingerprint density at radius 3 is 2.59 bits per heavy atom. The zero-order valence-electron chi connectivity index (χ0n) is 17.1. The van der Waals surface area contributed by atoms with Crippen LogP contribution in [0.15, 0.2) is 47.4 Å². The number of anilines is 3. The molecule has 0 bridgehead atoms. The Morgan fingerprint density at radius 2 is 1.86 bits per heavy atom. The average molecular weight is 417 g/mol. The lowest BCUT2D eigenvalue weighted by Crippen LogP contribution is -2.39. The van der Waals surface area contributed by atoms with E-state index in [1.54, 1.807) is 23.1 Å². The second-order valence-corrected chi connectivity index (χ2v) is 9.31. The largest absolute Gasteiger partial charge is 0.384 e. The molecule has 0 saturated carbocycles. The molecule has 0 saturated heterocycles. The van der Waals surface area contributed by atoms with Crippen molar-refractivity contribution in [2.24, 2.45) is 0 Å². The first kappa shape index (κ1) is 21.1. The molecule has 0 atom stereocenters. The van der Waals surface area contributed by atoms with Crippen LogP contribution in [0, 0.1) is 0 Å². The number of nitrogens with one attached hydrogen (secondary N) is 2. The number of amides is 1. The van der Waals surface area contributed by atoms with Crippen molar-refractivity contribution >= 4 is 33.0 Å². The number of aryl methyl sites for hydroxylation is 1. The van der Waals surface area contributed by atoms with Crippen molar-refractivity contribution in [1.29, 1.82) is 0 Å². The second kappa shape index (κ2) is 8.84. The highest BCUT2D eigenvalue weighted by molar-refractivity contribution is 7.89. The summed E-state index contributed by atoms with van der Waals surface area (Å²) in [5.74, 6) is -0.0412. The van der Waals surface area contributed by atoms with Crippen LogP contribution in [-0.2, 0) is 21.2 Å². The summed E-state index contributed by atoms with van der Waals surface area (Å²) in [5.41, 5.74) is 3.49. The number of benzene rings is 2. The highest BCUT2D eigenvalue weighted by Gasteiger charge is 2.23. The van der Waals surface area contributed by atoms with Gasteiger partial charge in [-0.1, -0.05) is 18.2 Å². The zero-order chi connectivity index (χ0) is 21.0. The third-order valence-electron chi connectivity index (χ3n) is 4.98. The number of hydrogen-bond donors (Lipinski definition) is 2. The SMILES string of the molecule is CCNc1ccc(S(=O)(=O)N(C)C)cc1NCC(=O)N1CCCc2ccccc21. The maximum atomic E-state index is 12.9. The number of rotatable bonds is 7. The standard InChI is InChI=1S/C21H28N4O3S/c1-4-22-18-12-11-17(29(27,28)24(2)3)14-19(18)23-15-21(26)25-13-7-9-16-8-5-6-10-20(16)25/h5-6,8,10-12,14,22-23H,4,7,9,13,15H2,1-3H3. The quantitative estimate of drug-likeness (QED) is 0.725. The molecule has 8 heteroatoms. The van der Waals surface area contributed by atoms with E-state index in [4.69, 9.17) is 0 Å². The van der Waals surface area contributed by atoms with E-state index < -0.39 is 10.0 Å². The molecule has 3 rings (SSSR count). The Balaban J connectivity index is 1.81. The van der Waals surface area contributed by atoms with Crippen LogP contribution in [0.1, 0.15) is 18.9 Å². The van der Waals surface area contributed by atoms with Crippen LogP contribution in [0.2, 0.25) is 0 Å². The second-order valence-electron chi connectivity index (χ2n) is 7.16. The maximum absolute atomic E-state index is 12.9. The first-order chi connectivity index (χ1) is 13.8. The van der Waals surface area contributed by atoms with Gasteiger partial charge in [0, 0.05) is 32.9 Å². The van der Waals surface area contributed by atoms with E-state index in [-0.39, 0.29) is 17.3 Å². The fraction of sp³-hybridized carbons (Fsp3) is 0.381. The van der Waals surface area contributed by atoms with E-state index in [0.717, 1.165) is 24.2 Å². The van der Waals surface area contributed by atoms with Crippen LogP contribution >= 0.6 is 0 Å². The Labute approximate surface area is 172 Å². The lowest BCUT2D eigenvalue weighted by atomic mass is 10.0. The maximum Gasteiger partial charge on any atom is 0.246 e. The van der Waals surface area contributed by atoms with Gasteiger partial charge in [-0.25, -0.2) is 12.7 Å². The minimum Gasteiger partial charge on any atom is -0.384 e. The van der Waals surface area contributed by atoms with E-state index in [1.165, 1.54) is 24.0 Å². The third kappa shape index (κ3) is 4.54. The summed E-state index contributed by atoms with van der Waals surface area (Å²) in [6.45, 7) is 3.41. The van der Waals surface area contributed by atoms with Gasteiger partial charge in [-0.2, -0.15) is 0 Å². The first-order valence-electron chi connectivity index (χ1n) is 9.77. The van der Waals surface area contributed by atoms with Gasteiger partial charge in [0.25, 0.3) is 0 Å². The summed E-state index contributed by atoms with van der Waals surface area (Å²) in [6, 6.07) is 12.8. The van der Waals surface area contributed by atoms with Gasteiger partial charge in [0.2, 0.25) is 15.9 Å². The van der Waals surface area contributed by atoms with Crippen molar-refractivity contribution in [1.82, 2.24) is 4.31 Å². The van der Waals surface area contributed by atoms with Crippen LogP contribution in [-0.4, -0.2) is 52.4 Å². The van der Waals surface area contributed by atoms with Gasteiger partial charge in [-0.15, -0.1) is 0 Å². The highest BCUT2D eigenvalue weighted by Crippen LogP contribution is 2.28. The van der Waals surface area contributed by atoms with Gasteiger partial charge in [-0.3, -0.25) is 4.79 Å². The first-order valence-corrected chi connectivity index (χ1v) is 11.2. The molecule has 1 aliphatic rings. The number of para-hydroxylation sites is 1. The molecule has 156 valence electrons. The molecule has 29 heavy (non-hydrogen) atoms. The van der Waals surface area contributed by atoms with E-state index in [1.807, 2.05) is 25.1 Å². The molecule has 2 aromatic carbocycles. The number of sulfonamides is 1. The monoisotopic (exact) mass is 416 g/mol. The zero-order valence-corrected chi connectivity index (χ0v) is 17.9. The van der Waals surface area contributed by atoms with Crippen molar-refractivity contribution < 1.29 is 13.2 Å². The minimum absolute atomic E-state index is 0.0412. The van der Waals surface area contributed by atoms with Gasteiger partial charge in [0.05, 0.1) is 22.8 Å². The summed E-state index contributed by atoms with van der Waals surface area (Å²) < 4.78 is 26.1. The number of carbonyl (C=O) groups is 1. The molecule has 2 aromatic rings. The lowest BCUT2D eigenvalue weighted by molar-refractivity contribution is -0.117. The number of carbonyl (C=O) groups excluding carboxylic acids is 1. The average Bonchev–Trinajstić information content (AvgIpc) is 2.72. The van der Waals surface area contributed by atoms with Crippen molar-refractivity contribution in [3.63, 3.8) is 0 Å². The molecule has 0 unspecified atom stereocenters. The van der Waals surface area contributed by atoms with Gasteiger partial charge < -0.3 is 15.5 Å². The van der Waals surface area contributed by atoms with Crippen molar-refractivity contribution in [3.05, 3.63) is 48.0 Å².